The van der Waals surface area contributed by atoms with Crippen molar-refractivity contribution in [1.82, 2.24) is 9.97 Å². The summed E-state index contributed by atoms with van der Waals surface area (Å²) in [6.07, 6.45) is 0. The van der Waals surface area contributed by atoms with E-state index in [1.807, 2.05) is 13.0 Å². The molecule has 0 saturated heterocycles. The number of rotatable bonds is 5. The third kappa shape index (κ3) is 4.70. The van der Waals surface area contributed by atoms with Gasteiger partial charge in [0.15, 0.2) is 0 Å². The molecule has 0 fully saturated rings. The summed E-state index contributed by atoms with van der Waals surface area (Å²) in [7, 11) is 1.54. The number of aryl methyl sites for hydroxylation is 2. The number of methoxy groups -OCH3 is 1. The summed E-state index contributed by atoms with van der Waals surface area (Å²) in [6.45, 7) is 3.66. The molecule has 3 rings (SSSR count). The molecule has 7 nitrogen and oxygen atoms in total. The Kier molecular flexibility index (Phi) is 5.64. The Balaban J connectivity index is 1.77. The second-order valence-corrected chi connectivity index (χ2v) is 6.23. The molecule has 3 aromatic rings. The minimum absolute atomic E-state index is 0.118. The maximum atomic E-state index is 12.5. The smallest absolute Gasteiger partial charge is 0.258 e. The fourth-order valence-corrected chi connectivity index (χ4v) is 2.60. The number of carbonyl (C=O) groups excluding carboxylic acids is 2. The highest BCUT2D eigenvalue weighted by Gasteiger charge is 2.12. The van der Waals surface area contributed by atoms with Crippen LogP contribution in [0.5, 0.6) is 5.75 Å². The molecule has 28 heavy (non-hydrogen) atoms. The SMILES string of the molecule is COc1cccc(C(=O)Nc2cc(C)nc(NC(=O)c3cccc(C)c3)n2)c1. The predicted octanol–water partition coefficient (Wildman–Crippen LogP) is 3.61. The Morgan fingerprint density at radius 1 is 0.857 bits per heavy atom. The Labute approximate surface area is 162 Å². The number of hydrogen-bond donors (Lipinski definition) is 2. The van der Waals surface area contributed by atoms with Crippen molar-refractivity contribution in [2.75, 3.05) is 17.7 Å². The van der Waals surface area contributed by atoms with Gasteiger partial charge in [-0.1, -0.05) is 23.8 Å². The molecule has 0 radical (unpaired) electrons. The van der Waals surface area contributed by atoms with Crippen LogP contribution in [-0.2, 0) is 0 Å². The van der Waals surface area contributed by atoms with Crippen LogP contribution in [0.1, 0.15) is 32.0 Å². The van der Waals surface area contributed by atoms with E-state index in [9.17, 15) is 9.59 Å². The number of nitrogens with one attached hydrogen (secondary N) is 2. The van der Waals surface area contributed by atoms with Gasteiger partial charge in [0.05, 0.1) is 7.11 Å². The summed E-state index contributed by atoms with van der Waals surface area (Å²) in [4.78, 5) is 33.3. The van der Waals surface area contributed by atoms with Crippen molar-refractivity contribution >= 4 is 23.6 Å². The Morgan fingerprint density at radius 2 is 1.54 bits per heavy atom. The molecule has 0 aliphatic heterocycles. The van der Waals surface area contributed by atoms with Crippen LogP contribution in [0, 0.1) is 13.8 Å². The number of carbonyl (C=O) groups is 2. The molecule has 142 valence electrons. The van der Waals surface area contributed by atoms with Gasteiger partial charge in [-0.2, -0.15) is 4.98 Å². The van der Waals surface area contributed by atoms with Crippen LogP contribution in [0.15, 0.2) is 54.6 Å². The highest BCUT2D eigenvalue weighted by atomic mass is 16.5. The van der Waals surface area contributed by atoms with E-state index in [-0.39, 0.29) is 17.8 Å². The number of aromatic nitrogens is 2. The molecule has 2 N–H and O–H groups in total. The quantitative estimate of drug-likeness (QED) is 0.710. The zero-order valence-corrected chi connectivity index (χ0v) is 15.8. The summed E-state index contributed by atoms with van der Waals surface area (Å²) >= 11 is 0. The normalized spacial score (nSPS) is 10.2. The van der Waals surface area contributed by atoms with Gasteiger partial charge in [0.1, 0.15) is 11.6 Å². The van der Waals surface area contributed by atoms with Crippen molar-refractivity contribution in [3.63, 3.8) is 0 Å². The number of anilines is 2. The van der Waals surface area contributed by atoms with Crippen LogP contribution in [-0.4, -0.2) is 28.9 Å². The summed E-state index contributed by atoms with van der Waals surface area (Å²) in [5, 5.41) is 5.38. The van der Waals surface area contributed by atoms with Gasteiger partial charge in [0, 0.05) is 22.9 Å². The predicted molar refractivity (Wildman–Crippen MR) is 107 cm³/mol. The Morgan fingerprint density at radius 3 is 2.25 bits per heavy atom. The van der Waals surface area contributed by atoms with E-state index in [1.54, 1.807) is 55.5 Å². The standard InChI is InChI=1S/C21H20N4O3/c1-13-6-4-7-15(10-13)20(27)25-21-22-14(2)11-18(24-21)23-19(26)16-8-5-9-17(12-16)28-3/h4-12H,1-3H3,(H2,22,23,24,25,26,27). The van der Waals surface area contributed by atoms with Crippen LogP contribution in [0.2, 0.25) is 0 Å². The monoisotopic (exact) mass is 376 g/mol. The minimum atomic E-state index is -0.340. The number of hydrogen-bond acceptors (Lipinski definition) is 5. The number of amides is 2. The lowest BCUT2D eigenvalue weighted by Gasteiger charge is -2.09. The number of nitrogens with zero attached hydrogens (tertiary/aromatic N) is 2. The van der Waals surface area contributed by atoms with Crippen LogP contribution in [0.4, 0.5) is 11.8 Å². The van der Waals surface area contributed by atoms with Crippen molar-refractivity contribution < 1.29 is 14.3 Å². The van der Waals surface area contributed by atoms with Crippen LogP contribution < -0.4 is 15.4 Å². The van der Waals surface area contributed by atoms with Crippen molar-refractivity contribution in [2.24, 2.45) is 0 Å². The molecule has 1 heterocycles. The average molecular weight is 376 g/mol. The second kappa shape index (κ2) is 8.30. The fraction of sp³-hybridized carbons (Fsp3) is 0.143. The minimum Gasteiger partial charge on any atom is -0.497 e. The van der Waals surface area contributed by atoms with Gasteiger partial charge >= 0.3 is 0 Å². The molecular formula is C21H20N4O3. The molecule has 2 aromatic carbocycles. The molecule has 0 saturated carbocycles. The van der Waals surface area contributed by atoms with Crippen LogP contribution >= 0.6 is 0 Å². The third-order valence-electron chi connectivity index (χ3n) is 3.93. The number of benzene rings is 2. The van der Waals surface area contributed by atoms with Gasteiger partial charge < -0.3 is 10.1 Å². The Hall–Kier alpha value is -3.74. The van der Waals surface area contributed by atoms with Gasteiger partial charge in [0.2, 0.25) is 5.95 Å². The molecule has 0 aliphatic rings. The van der Waals surface area contributed by atoms with E-state index in [0.29, 0.717) is 28.4 Å². The third-order valence-corrected chi connectivity index (χ3v) is 3.93. The lowest BCUT2D eigenvalue weighted by molar-refractivity contribution is 0.101. The van der Waals surface area contributed by atoms with Crippen molar-refractivity contribution in [3.05, 3.63) is 77.0 Å². The van der Waals surface area contributed by atoms with Crippen molar-refractivity contribution in [1.29, 1.82) is 0 Å². The zero-order valence-electron chi connectivity index (χ0n) is 15.8. The van der Waals surface area contributed by atoms with E-state index in [1.165, 1.54) is 7.11 Å². The van der Waals surface area contributed by atoms with E-state index < -0.39 is 0 Å². The van der Waals surface area contributed by atoms with Crippen molar-refractivity contribution in [2.45, 2.75) is 13.8 Å². The highest BCUT2D eigenvalue weighted by Crippen LogP contribution is 2.16. The van der Waals surface area contributed by atoms with Gasteiger partial charge in [-0.05, 0) is 44.2 Å². The summed E-state index contributed by atoms with van der Waals surface area (Å²) in [5.41, 5.74) is 2.52. The first kappa shape index (κ1) is 19.0. The molecule has 0 bridgehead atoms. The maximum Gasteiger partial charge on any atom is 0.258 e. The van der Waals surface area contributed by atoms with Gasteiger partial charge in [0.25, 0.3) is 11.8 Å². The van der Waals surface area contributed by atoms with E-state index in [0.717, 1.165) is 5.56 Å². The molecule has 0 atom stereocenters. The lowest BCUT2D eigenvalue weighted by atomic mass is 10.1. The first-order chi connectivity index (χ1) is 13.4. The topological polar surface area (TPSA) is 93.2 Å². The maximum absolute atomic E-state index is 12.5. The first-order valence-corrected chi connectivity index (χ1v) is 8.64. The zero-order chi connectivity index (χ0) is 20.1. The van der Waals surface area contributed by atoms with E-state index in [2.05, 4.69) is 20.6 Å². The molecular weight excluding hydrogens is 356 g/mol. The molecule has 2 amide bonds. The van der Waals surface area contributed by atoms with Crippen LogP contribution in [0.3, 0.4) is 0 Å². The van der Waals surface area contributed by atoms with E-state index >= 15 is 0 Å². The summed E-state index contributed by atoms with van der Waals surface area (Å²) in [6, 6.07) is 15.6. The van der Waals surface area contributed by atoms with Crippen LogP contribution in [0.25, 0.3) is 0 Å². The Bertz CT molecular complexity index is 1030. The molecule has 1 aromatic heterocycles. The van der Waals surface area contributed by atoms with Gasteiger partial charge in [-0.3, -0.25) is 14.9 Å². The largest absolute Gasteiger partial charge is 0.497 e. The highest BCUT2D eigenvalue weighted by molar-refractivity contribution is 6.05. The lowest BCUT2D eigenvalue weighted by Crippen LogP contribution is -2.17. The fourth-order valence-electron chi connectivity index (χ4n) is 2.60. The second-order valence-electron chi connectivity index (χ2n) is 6.23. The average Bonchev–Trinajstić information content (AvgIpc) is 2.67. The summed E-state index contributed by atoms with van der Waals surface area (Å²) in [5.74, 6) is 0.331. The molecule has 0 aliphatic carbocycles. The molecule has 7 heteroatoms. The van der Waals surface area contributed by atoms with E-state index in [4.69, 9.17) is 4.74 Å². The first-order valence-electron chi connectivity index (χ1n) is 8.64. The van der Waals surface area contributed by atoms with Crippen molar-refractivity contribution in [3.8, 4) is 5.75 Å². The number of ether oxygens (including phenoxy) is 1. The van der Waals surface area contributed by atoms with Gasteiger partial charge in [-0.25, -0.2) is 4.98 Å². The molecule has 0 unspecified atom stereocenters. The molecule has 0 spiro atoms. The summed E-state index contributed by atoms with van der Waals surface area (Å²) < 4.78 is 5.13. The van der Waals surface area contributed by atoms with Gasteiger partial charge in [-0.15, -0.1) is 0 Å².